The Balaban J connectivity index is 2.89. The quantitative estimate of drug-likeness (QED) is 0.476. The van der Waals surface area contributed by atoms with Crippen LogP contribution in [-0.2, 0) is 14.3 Å². The molecular weight excluding hydrogens is 293 g/mol. The van der Waals surface area contributed by atoms with E-state index in [-0.39, 0.29) is 12.3 Å². The van der Waals surface area contributed by atoms with Crippen molar-refractivity contribution in [1.29, 1.82) is 0 Å². The summed E-state index contributed by atoms with van der Waals surface area (Å²) in [6.45, 7) is 3.40. The lowest BCUT2D eigenvalue weighted by molar-refractivity contribution is -0.142. The number of amides is 1. The lowest BCUT2D eigenvalue weighted by Crippen LogP contribution is -2.39. The Labute approximate surface area is 127 Å². The average Bonchev–Trinajstić information content (AvgIpc) is 2.51. The molecule has 1 unspecified atom stereocenters. The number of nitrogens with one attached hydrogen (secondary N) is 2. The number of benzene rings is 1. The van der Waals surface area contributed by atoms with Gasteiger partial charge in [-0.1, -0.05) is 0 Å². The number of carbonyl (C=O) groups excluding carboxylic acids is 2. The smallest absolute Gasteiger partial charge is 0.427 e. The predicted octanol–water partition coefficient (Wildman–Crippen LogP) is 1.90. The van der Waals surface area contributed by atoms with Gasteiger partial charge in [0.05, 0.1) is 19.4 Å². The summed E-state index contributed by atoms with van der Waals surface area (Å²) in [6.07, 6.45) is -0.760. The van der Waals surface area contributed by atoms with Gasteiger partial charge in [0, 0.05) is 5.69 Å². The van der Waals surface area contributed by atoms with Gasteiger partial charge in [-0.2, -0.15) is 5.10 Å². The first kappa shape index (κ1) is 17.4. The zero-order chi connectivity index (χ0) is 16.5. The molecule has 0 heterocycles. The average molecular weight is 311 g/mol. The van der Waals surface area contributed by atoms with Gasteiger partial charge >= 0.3 is 12.1 Å². The van der Waals surface area contributed by atoms with Gasteiger partial charge < -0.3 is 14.8 Å². The first-order valence-electron chi connectivity index (χ1n) is 6.54. The van der Waals surface area contributed by atoms with E-state index < -0.39 is 23.9 Å². The van der Waals surface area contributed by atoms with Crippen LogP contribution in [0.4, 0.5) is 14.9 Å². The summed E-state index contributed by atoms with van der Waals surface area (Å²) in [4.78, 5) is 23.0. The second-order valence-electron chi connectivity index (χ2n) is 4.19. The van der Waals surface area contributed by atoms with E-state index in [0.29, 0.717) is 5.69 Å². The number of ether oxygens (including phenoxy) is 2. The van der Waals surface area contributed by atoms with Crippen LogP contribution >= 0.6 is 0 Å². The second-order valence-corrected chi connectivity index (χ2v) is 4.19. The van der Waals surface area contributed by atoms with Gasteiger partial charge in [0.15, 0.2) is 6.04 Å². The van der Waals surface area contributed by atoms with E-state index >= 15 is 0 Å². The number of carbonyl (C=O) groups is 2. The molecule has 0 saturated heterocycles. The number of hydrazone groups is 1. The van der Waals surface area contributed by atoms with Crippen LogP contribution in [0.3, 0.4) is 0 Å². The van der Waals surface area contributed by atoms with Crippen molar-refractivity contribution in [3.05, 3.63) is 30.1 Å². The summed E-state index contributed by atoms with van der Waals surface area (Å²) in [6, 6.07) is 4.53. The van der Waals surface area contributed by atoms with Crippen molar-refractivity contribution in [3.63, 3.8) is 0 Å². The van der Waals surface area contributed by atoms with Crippen LogP contribution in [0.2, 0.25) is 0 Å². The minimum Gasteiger partial charge on any atom is -0.464 e. The van der Waals surface area contributed by atoms with Gasteiger partial charge in [0.2, 0.25) is 0 Å². The summed E-state index contributed by atoms with van der Waals surface area (Å²) < 4.78 is 22.2. The minimum atomic E-state index is -0.928. The Kier molecular flexibility index (Phi) is 6.81. The van der Waals surface area contributed by atoms with Crippen molar-refractivity contribution in [2.45, 2.75) is 19.9 Å². The number of nitrogens with zero attached hydrogens (tertiary/aromatic N) is 1. The Morgan fingerprint density at radius 3 is 2.50 bits per heavy atom. The second kappa shape index (κ2) is 8.60. The fourth-order valence-corrected chi connectivity index (χ4v) is 1.52. The van der Waals surface area contributed by atoms with E-state index in [1.807, 2.05) is 0 Å². The summed E-state index contributed by atoms with van der Waals surface area (Å²) in [7, 11) is 1.19. The van der Waals surface area contributed by atoms with Crippen molar-refractivity contribution in [1.82, 2.24) is 5.43 Å². The van der Waals surface area contributed by atoms with Gasteiger partial charge in [-0.05, 0) is 38.1 Å². The van der Waals surface area contributed by atoms with Gasteiger partial charge in [0.1, 0.15) is 5.82 Å². The summed E-state index contributed by atoms with van der Waals surface area (Å²) in [5, 5.41) is 6.64. The number of halogens is 1. The van der Waals surface area contributed by atoms with Crippen LogP contribution in [0.5, 0.6) is 0 Å². The Hall–Kier alpha value is -2.64. The molecule has 22 heavy (non-hydrogen) atoms. The molecule has 2 N–H and O–H groups in total. The Morgan fingerprint density at radius 2 is 1.95 bits per heavy atom. The van der Waals surface area contributed by atoms with E-state index in [0.717, 1.165) is 0 Å². The fraction of sp³-hybridized carbons (Fsp3) is 0.357. The SMILES string of the molecule is CCOC(=O)C(Nc1ccc(F)cc1)C(C)=NNC(=O)OC. The molecule has 1 aromatic carbocycles. The first-order chi connectivity index (χ1) is 10.5. The van der Waals surface area contributed by atoms with E-state index in [1.54, 1.807) is 6.92 Å². The molecule has 7 nitrogen and oxygen atoms in total. The topological polar surface area (TPSA) is 89.0 Å². The molecular formula is C14H18FN3O4. The molecule has 0 radical (unpaired) electrons. The molecule has 0 saturated carbocycles. The molecule has 0 aliphatic carbocycles. The summed E-state index contributed by atoms with van der Waals surface area (Å²) >= 11 is 0. The third kappa shape index (κ3) is 5.39. The largest absolute Gasteiger partial charge is 0.464 e. The molecule has 0 fully saturated rings. The minimum absolute atomic E-state index is 0.193. The third-order valence-electron chi connectivity index (χ3n) is 2.60. The molecule has 0 spiro atoms. The van der Waals surface area contributed by atoms with Crippen molar-refractivity contribution in [3.8, 4) is 0 Å². The highest BCUT2D eigenvalue weighted by Crippen LogP contribution is 2.11. The van der Waals surface area contributed by atoms with Crippen molar-refractivity contribution in [2.75, 3.05) is 19.0 Å². The lowest BCUT2D eigenvalue weighted by atomic mass is 10.2. The fourth-order valence-electron chi connectivity index (χ4n) is 1.52. The zero-order valence-electron chi connectivity index (χ0n) is 12.6. The van der Waals surface area contributed by atoms with E-state index in [1.165, 1.54) is 38.3 Å². The number of hydrogen-bond acceptors (Lipinski definition) is 6. The molecule has 0 aliphatic heterocycles. The van der Waals surface area contributed by atoms with E-state index in [4.69, 9.17) is 4.74 Å². The number of anilines is 1. The molecule has 1 aromatic rings. The van der Waals surface area contributed by atoms with E-state index in [2.05, 4.69) is 20.6 Å². The van der Waals surface area contributed by atoms with Gasteiger partial charge in [-0.3, -0.25) is 0 Å². The first-order valence-corrected chi connectivity index (χ1v) is 6.54. The van der Waals surface area contributed by atoms with Crippen LogP contribution < -0.4 is 10.7 Å². The molecule has 8 heteroatoms. The number of esters is 1. The van der Waals surface area contributed by atoms with Crippen LogP contribution in [0.1, 0.15) is 13.8 Å². The Morgan fingerprint density at radius 1 is 1.32 bits per heavy atom. The summed E-state index contributed by atoms with van der Waals surface area (Å²) in [5.41, 5.74) is 2.89. The van der Waals surface area contributed by atoms with Gasteiger partial charge in [-0.25, -0.2) is 19.4 Å². The molecule has 0 aliphatic rings. The van der Waals surface area contributed by atoms with Crippen molar-refractivity contribution in [2.24, 2.45) is 5.10 Å². The van der Waals surface area contributed by atoms with Crippen molar-refractivity contribution >= 4 is 23.5 Å². The highest BCUT2D eigenvalue weighted by molar-refractivity contribution is 6.07. The molecule has 0 aromatic heterocycles. The highest BCUT2D eigenvalue weighted by Gasteiger charge is 2.23. The van der Waals surface area contributed by atoms with Crippen molar-refractivity contribution < 1.29 is 23.5 Å². The predicted molar refractivity (Wildman–Crippen MR) is 79.1 cm³/mol. The number of rotatable bonds is 6. The number of methoxy groups -OCH3 is 1. The standard InChI is InChI=1S/C14H18FN3O4/c1-4-22-13(19)12(9(2)17-18-14(20)21-3)16-11-7-5-10(15)6-8-11/h5-8,12,16H,4H2,1-3H3,(H,18,20). The summed E-state index contributed by atoms with van der Waals surface area (Å²) in [5.74, 6) is -0.962. The van der Waals surface area contributed by atoms with Crippen LogP contribution in [0.15, 0.2) is 29.4 Å². The van der Waals surface area contributed by atoms with Gasteiger partial charge in [-0.15, -0.1) is 0 Å². The maximum atomic E-state index is 12.9. The third-order valence-corrected chi connectivity index (χ3v) is 2.60. The molecule has 1 atom stereocenters. The monoisotopic (exact) mass is 311 g/mol. The molecule has 0 bridgehead atoms. The molecule has 1 amide bonds. The maximum absolute atomic E-state index is 12.9. The normalized spacial score (nSPS) is 12.3. The van der Waals surface area contributed by atoms with Crippen LogP contribution in [0, 0.1) is 5.82 Å². The van der Waals surface area contributed by atoms with Crippen LogP contribution in [0.25, 0.3) is 0 Å². The zero-order valence-corrected chi connectivity index (χ0v) is 12.6. The Bertz CT molecular complexity index is 546. The highest BCUT2D eigenvalue weighted by atomic mass is 19.1. The molecule has 1 rings (SSSR count). The maximum Gasteiger partial charge on any atom is 0.427 e. The lowest BCUT2D eigenvalue weighted by Gasteiger charge is -2.18. The van der Waals surface area contributed by atoms with E-state index in [9.17, 15) is 14.0 Å². The van der Waals surface area contributed by atoms with Crippen LogP contribution in [-0.4, -0.2) is 37.5 Å². The van der Waals surface area contributed by atoms with Gasteiger partial charge in [0.25, 0.3) is 0 Å². The molecule has 120 valence electrons. The number of hydrogen-bond donors (Lipinski definition) is 2.